The van der Waals surface area contributed by atoms with E-state index < -0.39 is 0 Å². The Kier molecular flexibility index (Phi) is 2.57. The highest BCUT2D eigenvalue weighted by atomic mass is 16.3. The molecule has 0 aromatic carbocycles. The Bertz CT molecular complexity index is 446. The van der Waals surface area contributed by atoms with Crippen molar-refractivity contribution in [1.29, 1.82) is 0 Å². The maximum Gasteiger partial charge on any atom is 0.137 e. The largest absolute Gasteiger partial charge is 0.464 e. The average Bonchev–Trinajstić information content (AvgIpc) is 2.79. The van der Waals surface area contributed by atoms with Crippen LogP contribution in [0.3, 0.4) is 0 Å². The zero-order chi connectivity index (χ0) is 10.8. The summed E-state index contributed by atoms with van der Waals surface area (Å²) in [6.45, 7) is 1.90. The SMILES string of the molecule is Cc1ccc(C(NN)c2nccn2C)o1. The van der Waals surface area contributed by atoms with Gasteiger partial charge >= 0.3 is 0 Å². The monoisotopic (exact) mass is 206 g/mol. The molecule has 2 heterocycles. The molecule has 0 saturated carbocycles. The predicted octanol–water partition coefficient (Wildman–Crippen LogP) is 0.874. The van der Waals surface area contributed by atoms with E-state index in [4.69, 9.17) is 10.3 Å². The van der Waals surface area contributed by atoms with Gasteiger partial charge in [-0.15, -0.1) is 0 Å². The minimum Gasteiger partial charge on any atom is -0.464 e. The number of aryl methyl sites for hydroxylation is 2. The minimum absolute atomic E-state index is 0.210. The van der Waals surface area contributed by atoms with Crippen LogP contribution in [0.2, 0.25) is 0 Å². The van der Waals surface area contributed by atoms with Crippen LogP contribution in [0.15, 0.2) is 28.9 Å². The molecule has 5 nitrogen and oxygen atoms in total. The maximum atomic E-state index is 5.52. The lowest BCUT2D eigenvalue weighted by atomic mass is 10.2. The van der Waals surface area contributed by atoms with Crippen molar-refractivity contribution in [2.24, 2.45) is 12.9 Å². The molecule has 0 radical (unpaired) electrons. The smallest absolute Gasteiger partial charge is 0.137 e. The van der Waals surface area contributed by atoms with Gasteiger partial charge in [-0.2, -0.15) is 0 Å². The van der Waals surface area contributed by atoms with Crippen LogP contribution in [-0.4, -0.2) is 9.55 Å². The molecule has 0 aliphatic heterocycles. The normalized spacial score (nSPS) is 13.0. The molecule has 2 aromatic rings. The number of nitrogens with zero attached hydrogens (tertiary/aromatic N) is 2. The van der Waals surface area contributed by atoms with Crippen molar-refractivity contribution in [3.05, 3.63) is 41.9 Å². The van der Waals surface area contributed by atoms with Crippen molar-refractivity contribution in [1.82, 2.24) is 15.0 Å². The topological polar surface area (TPSA) is 69.0 Å². The minimum atomic E-state index is -0.210. The zero-order valence-corrected chi connectivity index (χ0v) is 8.77. The molecule has 80 valence electrons. The standard InChI is InChI=1S/C10H14N4O/c1-7-3-4-8(15-7)9(13-11)10-12-5-6-14(10)2/h3-6,9,13H,11H2,1-2H3. The molecule has 5 heteroatoms. The summed E-state index contributed by atoms with van der Waals surface area (Å²) in [5.74, 6) is 7.97. The Balaban J connectivity index is 2.36. The molecule has 1 atom stereocenters. The fraction of sp³-hybridized carbons (Fsp3) is 0.300. The Hall–Kier alpha value is -1.59. The third-order valence-electron chi connectivity index (χ3n) is 2.33. The van der Waals surface area contributed by atoms with E-state index in [0.717, 1.165) is 17.3 Å². The number of aromatic nitrogens is 2. The molecule has 0 fully saturated rings. The van der Waals surface area contributed by atoms with Gasteiger partial charge in [0.25, 0.3) is 0 Å². The van der Waals surface area contributed by atoms with E-state index in [1.165, 1.54) is 0 Å². The highest BCUT2D eigenvalue weighted by Gasteiger charge is 2.19. The fourth-order valence-electron chi connectivity index (χ4n) is 1.55. The molecule has 0 amide bonds. The number of imidazole rings is 1. The zero-order valence-electron chi connectivity index (χ0n) is 8.77. The van der Waals surface area contributed by atoms with Crippen molar-refractivity contribution in [2.45, 2.75) is 13.0 Å². The first-order chi connectivity index (χ1) is 7.22. The quantitative estimate of drug-likeness (QED) is 0.577. The molecule has 2 rings (SSSR count). The third kappa shape index (κ3) is 1.79. The summed E-state index contributed by atoms with van der Waals surface area (Å²) >= 11 is 0. The first-order valence-electron chi connectivity index (χ1n) is 4.72. The van der Waals surface area contributed by atoms with Crippen molar-refractivity contribution in [2.75, 3.05) is 0 Å². The van der Waals surface area contributed by atoms with Crippen LogP contribution in [-0.2, 0) is 7.05 Å². The van der Waals surface area contributed by atoms with Gasteiger partial charge in [0, 0.05) is 19.4 Å². The molecule has 15 heavy (non-hydrogen) atoms. The summed E-state index contributed by atoms with van der Waals surface area (Å²) in [6.07, 6.45) is 3.60. The van der Waals surface area contributed by atoms with Crippen LogP contribution < -0.4 is 11.3 Å². The Morgan fingerprint density at radius 3 is 2.80 bits per heavy atom. The number of furan rings is 1. The number of nitrogens with two attached hydrogens (primary N) is 1. The lowest BCUT2D eigenvalue weighted by molar-refractivity contribution is 0.421. The highest BCUT2D eigenvalue weighted by molar-refractivity contribution is 5.17. The van der Waals surface area contributed by atoms with Crippen molar-refractivity contribution in [3.8, 4) is 0 Å². The molecule has 1 unspecified atom stereocenters. The van der Waals surface area contributed by atoms with Crippen LogP contribution >= 0.6 is 0 Å². The summed E-state index contributed by atoms with van der Waals surface area (Å²) in [6, 6.07) is 3.59. The van der Waals surface area contributed by atoms with E-state index in [1.54, 1.807) is 6.20 Å². The Labute approximate surface area is 87.9 Å². The fourth-order valence-corrected chi connectivity index (χ4v) is 1.55. The van der Waals surface area contributed by atoms with E-state index in [-0.39, 0.29) is 6.04 Å². The second-order valence-electron chi connectivity index (χ2n) is 3.44. The molecule has 0 bridgehead atoms. The van der Waals surface area contributed by atoms with Crippen molar-refractivity contribution >= 4 is 0 Å². The van der Waals surface area contributed by atoms with Crippen molar-refractivity contribution in [3.63, 3.8) is 0 Å². The molecule has 3 N–H and O–H groups in total. The van der Waals surface area contributed by atoms with Crippen LogP contribution in [0.25, 0.3) is 0 Å². The van der Waals surface area contributed by atoms with Gasteiger partial charge in [0.15, 0.2) is 0 Å². The third-order valence-corrected chi connectivity index (χ3v) is 2.33. The molecular formula is C10H14N4O. The summed E-state index contributed by atoms with van der Waals surface area (Å²) in [5, 5.41) is 0. The second kappa shape index (κ2) is 3.88. The van der Waals surface area contributed by atoms with Crippen LogP contribution in [0.4, 0.5) is 0 Å². The van der Waals surface area contributed by atoms with Gasteiger partial charge in [0.1, 0.15) is 23.4 Å². The van der Waals surface area contributed by atoms with Gasteiger partial charge in [-0.1, -0.05) is 0 Å². The molecule has 0 saturated heterocycles. The van der Waals surface area contributed by atoms with Crippen molar-refractivity contribution < 1.29 is 4.42 Å². The predicted molar refractivity (Wildman–Crippen MR) is 55.8 cm³/mol. The van der Waals surface area contributed by atoms with Crippen LogP contribution in [0.5, 0.6) is 0 Å². The Morgan fingerprint density at radius 1 is 1.53 bits per heavy atom. The molecule has 0 spiro atoms. The van der Waals surface area contributed by atoms with Gasteiger partial charge in [-0.25, -0.2) is 10.4 Å². The van der Waals surface area contributed by atoms with Crippen LogP contribution in [0, 0.1) is 6.92 Å². The molecular weight excluding hydrogens is 192 g/mol. The highest BCUT2D eigenvalue weighted by Crippen LogP contribution is 2.21. The van der Waals surface area contributed by atoms with Gasteiger partial charge in [0.2, 0.25) is 0 Å². The van der Waals surface area contributed by atoms with E-state index in [0.29, 0.717) is 0 Å². The number of rotatable bonds is 3. The van der Waals surface area contributed by atoms with E-state index in [9.17, 15) is 0 Å². The average molecular weight is 206 g/mol. The number of hydrogen-bond donors (Lipinski definition) is 2. The van der Waals surface area contributed by atoms with E-state index >= 15 is 0 Å². The summed E-state index contributed by atoms with van der Waals surface area (Å²) in [5.41, 5.74) is 2.70. The van der Waals surface area contributed by atoms with Gasteiger partial charge in [-0.05, 0) is 19.1 Å². The van der Waals surface area contributed by atoms with Gasteiger partial charge in [0.05, 0.1) is 0 Å². The van der Waals surface area contributed by atoms with E-state index in [2.05, 4.69) is 10.4 Å². The van der Waals surface area contributed by atoms with Gasteiger partial charge in [-0.3, -0.25) is 5.84 Å². The summed E-state index contributed by atoms with van der Waals surface area (Å²) in [4.78, 5) is 4.23. The first-order valence-corrected chi connectivity index (χ1v) is 4.72. The summed E-state index contributed by atoms with van der Waals surface area (Å²) in [7, 11) is 1.92. The lowest BCUT2D eigenvalue weighted by Crippen LogP contribution is -2.30. The first kappa shape index (κ1) is 9.95. The maximum absolute atomic E-state index is 5.52. The van der Waals surface area contributed by atoms with Crippen LogP contribution in [0.1, 0.15) is 23.4 Å². The molecule has 0 aliphatic carbocycles. The molecule has 0 aliphatic rings. The van der Waals surface area contributed by atoms with Gasteiger partial charge < -0.3 is 8.98 Å². The summed E-state index contributed by atoms with van der Waals surface area (Å²) < 4.78 is 7.42. The second-order valence-corrected chi connectivity index (χ2v) is 3.44. The van der Waals surface area contributed by atoms with E-state index in [1.807, 2.05) is 36.9 Å². The Morgan fingerprint density at radius 2 is 2.33 bits per heavy atom. The number of hydrogen-bond acceptors (Lipinski definition) is 4. The number of nitrogens with one attached hydrogen (secondary N) is 1. The lowest BCUT2D eigenvalue weighted by Gasteiger charge is -2.12. The number of hydrazine groups is 1. The molecule has 2 aromatic heterocycles.